The van der Waals surface area contributed by atoms with Crippen LogP contribution in [0, 0.1) is 0 Å². The summed E-state index contributed by atoms with van der Waals surface area (Å²) in [6, 6.07) is 13.8. The quantitative estimate of drug-likeness (QED) is 0.444. The molecular weight excluding hydrogens is 402 g/mol. The molecule has 0 amide bonds. The molecule has 2 aromatic carbocycles. The van der Waals surface area contributed by atoms with E-state index in [1.807, 2.05) is 19.1 Å². The third kappa shape index (κ3) is 5.10. The van der Waals surface area contributed by atoms with Crippen molar-refractivity contribution in [2.75, 3.05) is 19.7 Å². The van der Waals surface area contributed by atoms with E-state index in [0.717, 1.165) is 43.9 Å². The molecule has 156 valence electrons. The molecule has 0 radical (unpaired) electrons. The van der Waals surface area contributed by atoms with Crippen LogP contribution in [-0.4, -0.2) is 35.8 Å². The van der Waals surface area contributed by atoms with E-state index in [1.54, 1.807) is 12.1 Å². The molecule has 7 nitrogen and oxygen atoms in total. The molecule has 0 unspecified atom stereocenters. The van der Waals surface area contributed by atoms with Gasteiger partial charge in [0.2, 0.25) is 11.7 Å². The van der Waals surface area contributed by atoms with Gasteiger partial charge in [0.15, 0.2) is 5.96 Å². The number of ether oxygens (including phenoxy) is 1. The molecule has 4 rings (SSSR count). The number of benzene rings is 2. The first-order chi connectivity index (χ1) is 14.7. The minimum atomic E-state index is 0.291. The molecule has 0 bridgehead atoms. The van der Waals surface area contributed by atoms with Crippen LogP contribution in [0.1, 0.15) is 23.9 Å². The number of aromatic nitrogens is 2. The van der Waals surface area contributed by atoms with Gasteiger partial charge in [0, 0.05) is 30.1 Å². The Morgan fingerprint density at radius 2 is 2.13 bits per heavy atom. The topological polar surface area (TPSA) is 84.6 Å². The van der Waals surface area contributed by atoms with Crippen molar-refractivity contribution in [3.63, 3.8) is 0 Å². The van der Waals surface area contributed by atoms with E-state index in [2.05, 4.69) is 44.0 Å². The highest BCUT2D eigenvalue weighted by Crippen LogP contribution is 2.26. The summed E-state index contributed by atoms with van der Waals surface area (Å²) in [7, 11) is 0. The van der Waals surface area contributed by atoms with Gasteiger partial charge >= 0.3 is 0 Å². The van der Waals surface area contributed by atoms with E-state index in [4.69, 9.17) is 20.9 Å². The van der Waals surface area contributed by atoms with Gasteiger partial charge in [-0.15, -0.1) is 0 Å². The van der Waals surface area contributed by atoms with Crippen LogP contribution < -0.4 is 15.4 Å². The molecule has 1 aromatic heterocycles. The van der Waals surface area contributed by atoms with Gasteiger partial charge in [0.1, 0.15) is 12.3 Å². The van der Waals surface area contributed by atoms with Crippen LogP contribution in [-0.2, 0) is 19.4 Å². The lowest BCUT2D eigenvalue weighted by Crippen LogP contribution is -2.38. The summed E-state index contributed by atoms with van der Waals surface area (Å²) in [6.07, 6.45) is 1.89. The molecule has 0 spiro atoms. The number of guanidine groups is 1. The number of nitrogens with zero attached hydrogens (tertiary/aromatic N) is 3. The molecule has 1 aliphatic rings. The summed E-state index contributed by atoms with van der Waals surface area (Å²) in [5, 5.41) is 11.2. The maximum absolute atomic E-state index is 6.03. The molecule has 0 atom stereocenters. The van der Waals surface area contributed by atoms with E-state index in [-0.39, 0.29) is 0 Å². The van der Waals surface area contributed by atoms with Gasteiger partial charge in [-0.2, -0.15) is 4.98 Å². The molecule has 30 heavy (non-hydrogen) atoms. The van der Waals surface area contributed by atoms with Crippen molar-refractivity contribution < 1.29 is 9.26 Å². The Morgan fingerprint density at radius 3 is 3.00 bits per heavy atom. The van der Waals surface area contributed by atoms with E-state index in [1.165, 1.54) is 11.1 Å². The minimum absolute atomic E-state index is 0.291. The SMILES string of the molecule is CCNC(=NCc1nc(-c2cccc(Cl)c2)no1)NCCc1ccc2c(c1)CCO2. The summed E-state index contributed by atoms with van der Waals surface area (Å²) in [5.41, 5.74) is 3.39. The number of hydrogen-bond donors (Lipinski definition) is 2. The lowest BCUT2D eigenvalue weighted by atomic mass is 10.1. The molecule has 0 saturated carbocycles. The van der Waals surface area contributed by atoms with Crippen LogP contribution in [0.15, 0.2) is 52.0 Å². The smallest absolute Gasteiger partial charge is 0.248 e. The second kappa shape index (κ2) is 9.63. The summed E-state index contributed by atoms with van der Waals surface area (Å²) >= 11 is 6.03. The van der Waals surface area contributed by atoms with Crippen LogP contribution >= 0.6 is 11.6 Å². The average molecular weight is 426 g/mol. The monoisotopic (exact) mass is 425 g/mol. The van der Waals surface area contributed by atoms with Crippen molar-refractivity contribution in [1.82, 2.24) is 20.8 Å². The van der Waals surface area contributed by atoms with Gasteiger partial charge in [-0.05, 0) is 42.7 Å². The maximum Gasteiger partial charge on any atom is 0.248 e. The highest BCUT2D eigenvalue weighted by Gasteiger charge is 2.12. The summed E-state index contributed by atoms with van der Waals surface area (Å²) in [5.74, 6) is 2.67. The predicted molar refractivity (Wildman–Crippen MR) is 117 cm³/mol. The Balaban J connectivity index is 1.33. The Labute approximate surface area is 180 Å². The second-order valence-electron chi connectivity index (χ2n) is 6.93. The predicted octanol–water partition coefficient (Wildman–Crippen LogP) is 3.62. The van der Waals surface area contributed by atoms with E-state index >= 15 is 0 Å². The van der Waals surface area contributed by atoms with Crippen molar-refractivity contribution in [1.29, 1.82) is 0 Å². The largest absolute Gasteiger partial charge is 0.493 e. The Morgan fingerprint density at radius 1 is 1.20 bits per heavy atom. The molecule has 8 heteroatoms. The van der Waals surface area contributed by atoms with Crippen molar-refractivity contribution >= 4 is 17.6 Å². The van der Waals surface area contributed by atoms with E-state index < -0.39 is 0 Å². The van der Waals surface area contributed by atoms with Crippen LogP contribution in [0.3, 0.4) is 0 Å². The normalized spacial score (nSPS) is 13.1. The van der Waals surface area contributed by atoms with Crippen LogP contribution in [0.4, 0.5) is 0 Å². The molecule has 1 aliphatic heterocycles. The highest BCUT2D eigenvalue weighted by atomic mass is 35.5. The lowest BCUT2D eigenvalue weighted by Gasteiger charge is -2.11. The van der Waals surface area contributed by atoms with Crippen LogP contribution in [0.25, 0.3) is 11.4 Å². The number of aliphatic imine (C=N–C) groups is 1. The Hall–Kier alpha value is -3.06. The zero-order valence-corrected chi connectivity index (χ0v) is 17.6. The molecule has 2 N–H and O–H groups in total. The fraction of sp³-hybridized carbons (Fsp3) is 0.318. The summed E-state index contributed by atoms with van der Waals surface area (Å²) < 4.78 is 10.9. The van der Waals surface area contributed by atoms with Gasteiger partial charge in [0.25, 0.3) is 0 Å². The van der Waals surface area contributed by atoms with Crippen molar-refractivity contribution in [2.45, 2.75) is 26.3 Å². The number of hydrogen-bond acceptors (Lipinski definition) is 5. The highest BCUT2D eigenvalue weighted by molar-refractivity contribution is 6.30. The van der Waals surface area contributed by atoms with Crippen LogP contribution in [0.5, 0.6) is 5.75 Å². The fourth-order valence-corrected chi connectivity index (χ4v) is 3.46. The van der Waals surface area contributed by atoms with Gasteiger partial charge < -0.3 is 19.9 Å². The number of nitrogens with one attached hydrogen (secondary N) is 2. The first kappa shape index (κ1) is 20.2. The van der Waals surface area contributed by atoms with E-state index in [0.29, 0.717) is 29.2 Å². The molecular formula is C22H24ClN5O2. The maximum atomic E-state index is 6.03. The molecule has 3 aromatic rings. The minimum Gasteiger partial charge on any atom is -0.493 e. The fourth-order valence-electron chi connectivity index (χ4n) is 3.27. The Kier molecular flexibility index (Phi) is 6.49. The Bertz CT molecular complexity index is 1030. The van der Waals surface area contributed by atoms with Gasteiger partial charge in [-0.1, -0.05) is 41.0 Å². The molecule has 2 heterocycles. The van der Waals surface area contributed by atoms with Crippen molar-refractivity contribution in [2.24, 2.45) is 4.99 Å². The van der Waals surface area contributed by atoms with Crippen molar-refractivity contribution in [3.8, 4) is 17.1 Å². The lowest BCUT2D eigenvalue weighted by molar-refractivity contribution is 0.357. The number of fused-ring (bicyclic) bond motifs is 1. The standard InChI is InChI=1S/C22H24ClN5O2/c1-2-24-22(25-10-8-15-6-7-19-16(12-15)9-11-29-19)26-14-20-27-21(28-30-20)17-4-3-5-18(23)13-17/h3-7,12-13H,2,8-11,14H2,1H3,(H2,24,25,26). The third-order valence-electron chi connectivity index (χ3n) is 4.73. The molecule has 0 aliphatic carbocycles. The van der Waals surface area contributed by atoms with Gasteiger partial charge in [0.05, 0.1) is 6.61 Å². The summed E-state index contributed by atoms with van der Waals surface area (Å²) in [4.78, 5) is 8.95. The van der Waals surface area contributed by atoms with E-state index in [9.17, 15) is 0 Å². The van der Waals surface area contributed by atoms with Crippen molar-refractivity contribution in [3.05, 3.63) is 64.5 Å². The second-order valence-corrected chi connectivity index (χ2v) is 7.37. The first-order valence-electron chi connectivity index (χ1n) is 10.1. The van der Waals surface area contributed by atoms with Crippen LogP contribution in [0.2, 0.25) is 5.02 Å². The number of halogens is 1. The van der Waals surface area contributed by atoms with Gasteiger partial charge in [-0.25, -0.2) is 4.99 Å². The molecule has 0 saturated heterocycles. The third-order valence-corrected chi connectivity index (χ3v) is 4.96. The zero-order valence-electron chi connectivity index (χ0n) is 16.8. The number of rotatable bonds is 7. The molecule has 0 fully saturated rings. The zero-order chi connectivity index (χ0) is 20.8. The average Bonchev–Trinajstić information content (AvgIpc) is 3.41. The first-order valence-corrected chi connectivity index (χ1v) is 10.4. The summed E-state index contributed by atoms with van der Waals surface area (Å²) in [6.45, 7) is 4.63. The van der Waals surface area contributed by atoms with Gasteiger partial charge in [-0.3, -0.25) is 0 Å².